The van der Waals surface area contributed by atoms with Crippen molar-refractivity contribution in [3.05, 3.63) is 29.8 Å². The summed E-state index contributed by atoms with van der Waals surface area (Å²) in [5, 5.41) is 2.95. The lowest BCUT2D eigenvalue weighted by atomic mass is 10.1. The highest BCUT2D eigenvalue weighted by atomic mass is 32.1. The molecule has 2 atom stereocenters. The molecular weight excluding hydrogens is 272 g/mol. The molecule has 2 unspecified atom stereocenters. The van der Waals surface area contributed by atoms with Crippen molar-refractivity contribution in [3.8, 4) is 0 Å². The quantitative estimate of drug-likeness (QED) is 0.831. The van der Waals surface area contributed by atoms with Gasteiger partial charge in [0.2, 0.25) is 0 Å². The standard InChI is InChI=1S/C15H20N2O2S/c18-15(13-5-1-2-6-14(13)20)16-8-12-9-17-7-3-4-11(17)10-19-12/h1-2,5-6,11-12,20H,3-4,7-10H2,(H,16,18). The fraction of sp³-hybridized carbons (Fsp3) is 0.533. The van der Waals surface area contributed by atoms with Gasteiger partial charge in [0.05, 0.1) is 18.3 Å². The molecule has 2 heterocycles. The van der Waals surface area contributed by atoms with Crippen LogP contribution in [0, 0.1) is 0 Å². The molecule has 1 amide bonds. The van der Waals surface area contributed by atoms with Gasteiger partial charge in [0.25, 0.3) is 5.91 Å². The Morgan fingerprint density at radius 3 is 3.15 bits per heavy atom. The first-order valence-electron chi connectivity index (χ1n) is 7.16. The van der Waals surface area contributed by atoms with Crippen LogP contribution in [0.2, 0.25) is 0 Å². The molecule has 5 heteroatoms. The fourth-order valence-corrected chi connectivity index (χ4v) is 3.24. The predicted octanol–water partition coefficient (Wildman–Crippen LogP) is 1.57. The van der Waals surface area contributed by atoms with Crippen LogP contribution in [0.15, 0.2) is 29.2 Å². The topological polar surface area (TPSA) is 41.6 Å². The Morgan fingerprint density at radius 1 is 1.45 bits per heavy atom. The number of thiol groups is 1. The fourth-order valence-electron chi connectivity index (χ4n) is 2.98. The molecule has 1 aromatic carbocycles. The number of hydrogen-bond acceptors (Lipinski definition) is 4. The number of carbonyl (C=O) groups excluding carboxylic acids is 1. The first kappa shape index (κ1) is 13.9. The molecule has 0 radical (unpaired) electrons. The summed E-state index contributed by atoms with van der Waals surface area (Å²) < 4.78 is 5.83. The summed E-state index contributed by atoms with van der Waals surface area (Å²) in [6.07, 6.45) is 2.60. The average Bonchev–Trinajstić information content (AvgIpc) is 2.92. The Morgan fingerprint density at radius 2 is 2.30 bits per heavy atom. The largest absolute Gasteiger partial charge is 0.373 e. The molecule has 0 bridgehead atoms. The van der Waals surface area contributed by atoms with Gasteiger partial charge < -0.3 is 10.1 Å². The smallest absolute Gasteiger partial charge is 0.252 e. The molecule has 4 nitrogen and oxygen atoms in total. The van der Waals surface area contributed by atoms with E-state index in [1.54, 1.807) is 6.07 Å². The van der Waals surface area contributed by atoms with Crippen LogP contribution in [0.4, 0.5) is 0 Å². The maximum Gasteiger partial charge on any atom is 0.252 e. The van der Waals surface area contributed by atoms with Crippen molar-refractivity contribution in [1.82, 2.24) is 10.2 Å². The molecule has 2 fully saturated rings. The summed E-state index contributed by atoms with van der Waals surface area (Å²) >= 11 is 4.31. The summed E-state index contributed by atoms with van der Waals surface area (Å²) in [5.74, 6) is -0.0808. The minimum absolute atomic E-state index is 0.0808. The number of carbonyl (C=O) groups is 1. The summed E-state index contributed by atoms with van der Waals surface area (Å²) in [6, 6.07) is 7.93. The van der Waals surface area contributed by atoms with Gasteiger partial charge in [0.15, 0.2) is 0 Å². The van der Waals surface area contributed by atoms with E-state index < -0.39 is 0 Å². The van der Waals surface area contributed by atoms with Crippen LogP contribution in [0.25, 0.3) is 0 Å². The number of rotatable bonds is 3. The van der Waals surface area contributed by atoms with Gasteiger partial charge in [-0.25, -0.2) is 0 Å². The molecule has 2 aliphatic heterocycles. The van der Waals surface area contributed by atoms with Crippen LogP contribution < -0.4 is 5.32 Å². The number of benzene rings is 1. The zero-order valence-corrected chi connectivity index (χ0v) is 12.3. The van der Waals surface area contributed by atoms with Gasteiger partial charge in [-0.2, -0.15) is 0 Å². The summed E-state index contributed by atoms with van der Waals surface area (Å²) in [5.41, 5.74) is 0.616. The third-order valence-corrected chi connectivity index (χ3v) is 4.49. The van der Waals surface area contributed by atoms with Crippen LogP contribution in [-0.4, -0.2) is 49.2 Å². The van der Waals surface area contributed by atoms with Crippen LogP contribution in [0.5, 0.6) is 0 Å². The van der Waals surface area contributed by atoms with E-state index in [0.717, 1.165) is 19.7 Å². The Kier molecular flexibility index (Phi) is 4.29. The first-order valence-corrected chi connectivity index (χ1v) is 7.60. The first-order chi connectivity index (χ1) is 9.74. The van der Waals surface area contributed by atoms with Gasteiger partial charge in [-0.1, -0.05) is 12.1 Å². The average molecular weight is 292 g/mol. The molecule has 0 saturated carbocycles. The van der Waals surface area contributed by atoms with Gasteiger partial charge in [-0.05, 0) is 31.5 Å². The molecule has 2 aliphatic rings. The molecule has 2 saturated heterocycles. The van der Waals surface area contributed by atoms with Crippen LogP contribution >= 0.6 is 12.6 Å². The number of fused-ring (bicyclic) bond motifs is 1. The molecule has 0 aromatic heterocycles. The third-order valence-electron chi connectivity index (χ3n) is 4.10. The van der Waals surface area contributed by atoms with Gasteiger partial charge in [-0.15, -0.1) is 12.6 Å². The number of ether oxygens (including phenoxy) is 1. The van der Waals surface area contributed by atoms with Crippen molar-refractivity contribution in [1.29, 1.82) is 0 Å². The summed E-state index contributed by atoms with van der Waals surface area (Å²) in [6.45, 7) is 3.44. The molecule has 1 aromatic rings. The van der Waals surface area contributed by atoms with E-state index in [0.29, 0.717) is 23.0 Å². The highest BCUT2D eigenvalue weighted by Gasteiger charge is 2.32. The van der Waals surface area contributed by atoms with E-state index in [1.807, 2.05) is 18.2 Å². The second kappa shape index (κ2) is 6.16. The maximum absolute atomic E-state index is 12.1. The van der Waals surface area contributed by atoms with E-state index in [1.165, 1.54) is 12.8 Å². The lowest BCUT2D eigenvalue weighted by Gasteiger charge is -2.35. The number of nitrogens with one attached hydrogen (secondary N) is 1. The minimum atomic E-state index is -0.0808. The lowest BCUT2D eigenvalue weighted by molar-refractivity contribution is -0.0461. The molecule has 20 heavy (non-hydrogen) atoms. The highest BCUT2D eigenvalue weighted by molar-refractivity contribution is 7.80. The zero-order valence-electron chi connectivity index (χ0n) is 11.4. The SMILES string of the molecule is O=C(NCC1CN2CCCC2CO1)c1ccccc1S. The monoisotopic (exact) mass is 292 g/mol. The summed E-state index contributed by atoms with van der Waals surface area (Å²) in [7, 11) is 0. The molecule has 0 aliphatic carbocycles. The van der Waals surface area contributed by atoms with E-state index in [4.69, 9.17) is 4.74 Å². The third kappa shape index (κ3) is 3.00. The summed E-state index contributed by atoms with van der Waals surface area (Å²) in [4.78, 5) is 15.3. The Balaban J connectivity index is 1.52. The highest BCUT2D eigenvalue weighted by Crippen LogP contribution is 2.22. The minimum Gasteiger partial charge on any atom is -0.373 e. The number of nitrogens with zero attached hydrogens (tertiary/aromatic N) is 1. The van der Waals surface area contributed by atoms with Gasteiger partial charge in [-0.3, -0.25) is 9.69 Å². The zero-order chi connectivity index (χ0) is 13.9. The molecule has 0 spiro atoms. The second-order valence-corrected chi connectivity index (χ2v) is 5.96. The van der Waals surface area contributed by atoms with Crippen molar-refractivity contribution >= 4 is 18.5 Å². The van der Waals surface area contributed by atoms with Crippen molar-refractivity contribution in [2.24, 2.45) is 0 Å². The van der Waals surface area contributed by atoms with Crippen LogP contribution in [0.3, 0.4) is 0 Å². The molecule has 108 valence electrons. The van der Waals surface area contributed by atoms with E-state index >= 15 is 0 Å². The van der Waals surface area contributed by atoms with Gasteiger partial charge >= 0.3 is 0 Å². The molecular formula is C15H20N2O2S. The Labute approximate surface area is 124 Å². The normalized spacial score (nSPS) is 26.2. The number of morpholine rings is 1. The van der Waals surface area contributed by atoms with E-state index in [9.17, 15) is 4.79 Å². The van der Waals surface area contributed by atoms with Crippen molar-refractivity contribution < 1.29 is 9.53 Å². The molecule has 1 N–H and O–H groups in total. The van der Waals surface area contributed by atoms with Crippen molar-refractivity contribution in [2.45, 2.75) is 29.9 Å². The maximum atomic E-state index is 12.1. The number of amides is 1. The lowest BCUT2D eigenvalue weighted by Crippen LogP contribution is -2.50. The van der Waals surface area contributed by atoms with Crippen LogP contribution in [0.1, 0.15) is 23.2 Å². The van der Waals surface area contributed by atoms with E-state index in [-0.39, 0.29) is 12.0 Å². The Bertz CT molecular complexity index is 495. The predicted molar refractivity (Wildman–Crippen MR) is 80.4 cm³/mol. The van der Waals surface area contributed by atoms with Gasteiger partial charge in [0.1, 0.15) is 0 Å². The van der Waals surface area contributed by atoms with Crippen LogP contribution in [-0.2, 0) is 4.74 Å². The van der Waals surface area contributed by atoms with Crippen molar-refractivity contribution in [3.63, 3.8) is 0 Å². The Hall–Kier alpha value is -1.04. The second-order valence-electron chi connectivity index (χ2n) is 5.47. The number of hydrogen-bond donors (Lipinski definition) is 2. The van der Waals surface area contributed by atoms with Crippen molar-refractivity contribution in [2.75, 3.05) is 26.2 Å². The van der Waals surface area contributed by atoms with Gasteiger partial charge in [0, 0.05) is 24.0 Å². The molecule has 3 rings (SSSR count). The van der Waals surface area contributed by atoms with E-state index in [2.05, 4.69) is 22.8 Å².